The van der Waals surface area contributed by atoms with Gasteiger partial charge in [0.1, 0.15) is 0 Å². The summed E-state index contributed by atoms with van der Waals surface area (Å²) in [5.41, 5.74) is 5.56. The molecule has 1 heterocycles. The molecule has 80 valence electrons. The first kappa shape index (κ1) is 10.5. The summed E-state index contributed by atoms with van der Waals surface area (Å²) < 4.78 is 5.27. The maximum Gasteiger partial charge on any atom is 0.276 e. The highest BCUT2D eigenvalue weighted by Crippen LogP contribution is 2.51. The summed E-state index contributed by atoms with van der Waals surface area (Å²) in [4.78, 5) is 0. The Labute approximate surface area is 92.0 Å². The van der Waals surface area contributed by atoms with Gasteiger partial charge in [0.05, 0.1) is 12.6 Å². The highest BCUT2D eigenvalue weighted by molar-refractivity contribution is 7.99. The average Bonchev–Trinajstić information content (AvgIpc) is 2.86. The number of hydrogen-bond acceptors (Lipinski definition) is 6. The molecule has 0 atom stereocenters. The van der Waals surface area contributed by atoms with Gasteiger partial charge in [0.2, 0.25) is 5.89 Å². The van der Waals surface area contributed by atoms with E-state index in [-0.39, 0.29) is 12.0 Å². The number of nitrogens with two attached hydrogens (primary N) is 1. The van der Waals surface area contributed by atoms with Crippen molar-refractivity contribution in [2.24, 2.45) is 11.1 Å². The van der Waals surface area contributed by atoms with Crippen molar-refractivity contribution in [3.05, 3.63) is 5.89 Å². The SMILES string of the molecule is N#CCC1(CSc2nnc(CN)o2)CC1. The molecule has 0 radical (unpaired) electrons. The first-order valence-electron chi connectivity index (χ1n) is 4.80. The lowest BCUT2D eigenvalue weighted by Gasteiger charge is -2.06. The van der Waals surface area contributed by atoms with E-state index in [1.54, 1.807) is 0 Å². The van der Waals surface area contributed by atoms with Crippen molar-refractivity contribution in [1.29, 1.82) is 5.26 Å². The summed E-state index contributed by atoms with van der Waals surface area (Å²) in [5, 5.41) is 16.8. The van der Waals surface area contributed by atoms with Crippen molar-refractivity contribution in [1.82, 2.24) is 10.2 Å². The van der Waals surface area contributed by atoms with Gasteiger partial charge in [-0.2, -0.15) is 5.26 Å². The third-order valence-corrected chi connectivity index (χ3v) is 3.70. The zero-order valence-corrected chi connectivity index (χ0v) is 9.09. The molecule has 0 aromatic carbocycles. The molecule has 0 bridgehead atoms. The molecule has 0 unspecified atom stereocenters. The van der Waals surface area contributed by atoms with Crippen LogP contribution in [0.3, 0.4) is 0 Å². The van der Waals surface area contributed by atoms with Crippen molar-refractivity contribution < 1.29 is 4.42 Å². The summed E-state index contributed by atoms with van der Waals surface area (Å²) >= 11 is 1.52. The molecule has 0 saturated heterocycles. The van der Waals surface area contributed by atoms with E-state index >= 15 is 0 Å². The Morgan fingerprint density at radius 1 is 1.53 bits per heavy atom. The van der Waals surface area contributed by atoms with Crippen LogP contribution in [0.4, 0.5) is 0 Å². The summed E-state index contributed by atoms with van der Waals surface area (Å²) in [6.07, 6.45) is 2.88. The monoisotopic (exact) mass is 224 g/mol. The Bertz CT molecular complexity index is 380. The molecule has 0 amide bonds. The van der Waals surface area contributed by atoms with E-state index in [2.05, 4.69) is 16.3 Å². The van der Waals surface area contributed by atoms with Gasteiger partial charge >= 0.3 is 0 Å². The second-order valence-electron chi connectivity index (χ2n) is 3.79. The Morgan fingerprint density at radius 2 is 2.33 bits per heavy atom. The first-order valence-corrected chi connectivity index (χ1v) is 5.79. The first-order chi connectivity index (χ1) is 7.28. The van der Waals surface area contributed by atoms with Crippen LogP contribution >= 0.6 is 11.8 Å². The third-order valence-electron chi connectivity index (χ3n) is 2.54. The molecule has 1 fully saturated rings. The number of nitrogens with zero attached hydrogens (tertiary/aromatic N) is 3. The Morgan fingerprint density at radius 3 is 2.87 bits per heavy atom. The van der Waals surface area contributed by atoms with Gasteiger partial charge in [0.15, 0.2) is 0 Å². The van der Waals surface area contributed by atoms with E-state index < -0.39 is 0 Å². The molecule has 15 heavy (non-hydrogen) atoms. The van der Waals surface area contributed by atoms with Crippen LogP contribution in [-0.4, -0.2) is 16.0 Å². The minimum absolute atomic E-state index is 0.205. The Kier molecular flexibility index (Phi) is 2.93. The standard InChI is InChI=1S/C9H12N4OS/c10-4-3-9(1-2-9)6-15-8-13-12-7(5-11)14-8/h1-3,5-6,11H2. The van der Waals surface area contributed by atoms with E-state index in [0.29, 0.717) is 17.5 Å². The molecule has 5 nitrogen and oxygen atoms in total. The lowest BCUT2D eigenvalue weighted by atomic mass is 10.1. The third kappa shape index (κ3) is 2.49. The van der Waals surface area contributed by atoms with Gasteiger partial charge in [-0.25, -0.2) is 0 Å². The van der Waals surface area contributed by atoms with Crippen LogP contribution < -0.4 is 5.73 Å². The molecule has 1 aromatic rings. The second-order valence-corrected chi connectivity index (χ2v) is 4.72. The van der Waals surface area contributed by atoms with Gasteiger partial charge < -0.3 is 10.2 Å². The van der Waals surface area contributed by atoms with E-state index in [4.69, 9.17) is 15.4 Å². The van der Waals surface area contributed by atoms with E-state index in [0.717, 1.165) is 18.6 Å². The van der Waals surface area contributed by atoms with Crippen LogP contribution in [0.25, 0.3) is 0 Å². The Hall–Kier alpha value is -1.06. The number of nitriles is 1. The molecule has 0 spiro atoms. The molecule has 6 heteroatoms. The second kappa shape index (κ2) is 4.21. The van der Waals surface area contributed by atoms with Crippen LogP contribution in [0, 0.1) is 16.7 Å². The fourth-order valence-electron chi connectivity index (χ4n) is 1.31. The largest absolute Gasteiger partial charge is 0.415 e. The van der Waals surface area contributed by atoms with Crippen LogP contribution in [0.2, 0.25) is 0 Å². The smallest absolute Gasteiger partial charge is 0.276 e. The molecular weight excluding hydrogens is 212 g/mol. The quantitative estimate of drug-likeness (QED) is 0.758. The summed E-state index contributed by atoms with van der Waals surface area (Å²) in [6.45, 7) is 0.275. The fourth-order valence-corrected chi connectivity index (χ4v) is 2.38. The van der Waals surface area contributed by atoms with Crippen molar-refractivity contribution in [3.8, 4) is 6.07 Å². The highest BCUT2D eigenvalue weighted by atomic mass is 32.2. The number of aromatic nitrogens is 2. The molecule has 0 aliphatic heterocycles. The average molecular weight is 224 g/mol. The summed E-state index contributed by atoms with van der Waals surface area (Å²) in [6, 6.07) is 2.22. The predicted molar refractivity (Wildman–Crippen MR) is 54.8 cm³/mol. The molecule has 1 aromatic heterocycles. The maximum absolute atomic E-state index is 8.65. The van der Waals surface area contributed by atoms with Gasteiger partial charge in [0, 0.05) is 12.2 Å². The van der Waals surface area contributed by atoms with Crippen molar-refractivity contribution >= 4 is 11.8 Å². The lowest BCUT2D eigenvalue weighted by molar-refractivity contribution is 0.413. The van der Waals surface area contributed by atoms with Gasteiger partial charge in [0.25, 0.3) is 5.22 Å². The van der Waals surface area contributed by atoms with Gasteiger partial charge in [-0.05, 0) is 18.3 Å². The summed E-state index contributed by atoms with van der Waals surface area (Å²) in [5.74, 6) is 1.34. The van der Waals surface area contributed by atoms with Crippen LogP contribution in [0.1, 0.15) is 25.2 Å². The van der Waals surface area contributed by atoms with Crippen LogP contribution in [0.5, 0.6) is 0 Å². The molecule has 2 N–H and O–H groups in total. The number of hydrogen-bond donors (Lipinski definition) is 1. The maximum atomic E-state index is 8.65. The number of rotatable bonds is 5. The van der Waals surface area contributed by atoms with Crippen LogP contribution in [-0.2, 0) is 6.54 Å². The minimum Gasteiger partial charge on any atom is -0.415 e. The van der Waals surface area contributed by atoms with E-state index in [1.165, 1.54) is 11.8 Å². The zero-order chi connectivity index (χ0) is 10.7. The lowest BCUT2D eigenvalue weighted by Crippen LogP contribution is -2.02. The molecular formula is C9H12N4OS. The normalized spacial score (nSPS) is 17.3. The zero-order valence-electron chi connectivity index (χ0n) is 8.27. The highest BCUT2D eigenvalue weighted by Gasteiger charge is 2.42. The van der Waals surface area contributed by atoms with Crippen molar-refractivity contribution in [2.75, 3.05) is 5.75 Å². The molecule has 1 saturated carbocycles. The molecule has 2 rings (SSSR count). The molecule has 1 aliphatic carbocycles. The summed E-state index contributed by atoms with van der Waals surface area (Å²) in [7, 11) is 0. The van der Waals surface area contributed by atoms with Gasteiger partial charge in [-0.1, -0.05) is 11.8 Å². The molecule has 1 aliphatic rings. The topological polar surface area (TPSA) is 88.7 Å². The van der Waals surface area contributed by atoms with Crippen LogP contribution in [0.15, 0.2) is 9.64 Å². The van der Waals surface area contributed by atoms with E-state index in [9.17, 15) is 0 Å². The van der Waals surface area contributed by atoms with Gasteiger partial charge in [-0.3, -0.25) is 0 Å². The fraction of sp³-hybridized carbons (Fsp3) is 0.667. The predicted octanol–water partition coefficient (Wildman–Crippen LogP) is 1.31. The minimum atomic E-state index is 0.205. The Balaban J connectivity index is 1.85. The number of thioether (sulfide) groups is 1. The van der Waals surface area contributed by atoms with Crippen molar-refractivity contribution in [3.63, 3.8) is 0 Å². The van der Waals surface area contributed by atoms with Crippen molar-refractivity contribution in [2.45, 2.75) is 31.0 Å². The van der Waals surface area contributed by atoms with E-state index in [1.807, 2.05) is 0 Å². The van der Waals surface area contributed by atoms with Gasteiger partial charge in [-0.15, -0.1) is 10.2 Å².